The van der Waals surface area contributed by atoms with Gasteiger partial charge >= 0.3 is 0 Å². The number of aromatic amines is 1. The highest BCUT2D eigenvalue weighted by Crippen LogP contribution is 2.21. The number of nitriles is 2. The van der Waals surface area contributed by atoms with Crippen LogP contribution in [0, 0.1) is 22.7 Å². The summed E-state index contributed by atoms with van der Waals surface area (Å²) in [6.07, 6.45) is 1.38. The molecule has 0 spiro atoms. The van der Waals surface area contributed by atoms with E-state index in [1.165, 1.54) is 6.21 Å². The summed E-state index contributed by atoms with van der Waals surface area (Å²) >= 11 is 5.92. The van der Waals surface area contributed by atoms with Crippen LogP contribution in [0.5, 0.6) is 0 Å². The Hall–Kier alpha value is -2.31. The molecule has 1 aromatic rings. The lowest BCUT2D eigenvalue weighted by Gasteiger charge is -2.00. The zero-order valence-corrected chi connectivity index (χ0v) is 10.7. The number of H-pyrrole nitrogens is 1. The van der Waals surface area contributed by atoms with Gasteiger partial charge in [-0.05, 0) is 5.92 Å². The fourth-order valence-electron chi connectivity index (χ4n) is 1.25. The Morgan fingerprint density at radius 3 is 2.67 bits per heavy atom. The molecule has 0 unspecified atom stereocenters. The zero-order chi connectivity index (χ0) is 13.7. The Morgan fingerprint density at radius 1 is 1.50 bits per heavy atom. The van der Waals surface area contributed by atoms with Crippen LogP contribution < -0.4 is 5.73 Å². The average Bonchev–Trinajstić information content (AvgIpc) is 2.71. The van der Waals surface area contributed by atoms with Gasteiger partial charge in [0.1, 0.15) is 23.0 Å². The fourth-order valence-corrected chi connectivity index (χ4v) is 1.43. The molecule has 0 fully saturated rings. The third-order valence-electron chi connectivity index (χ3n) is 2.14. The maximum absolute atomic E-state index is 8.79. The molecule has 18 heavy (non-hydrogen) atoms. The number of allylic oxidation sites excluding steroid dienone is 2. The van der Waals surface area contributed by atoms with Crippen molar-refractivity contribution in [2.45, 2.75) is 19.8 Å². The average molecular weight is 263 g/mol. The van der Waals surface area contributed by atoms with E-state index in [9.17, 15) is 0 Å². The van der Waals surface area contributed by atoms with Gasteiger partial charge in [0.15, 0.2) is 5.70 Å². The Bertz CT molecular complexity index is 582. The lowest BCUT2D eigenvalue weighted by Crippen LogP contribution is -1.98. The second-order valence-corrected chi connectivity index (χ2v) is 4.11. The van der Waals surface area contributed by atoms with Crippen molar-refractivity contribution in [1.29, 1.82) is 10.5 Å². The van der Waals surface area contributed by atoms with Crippen LogP contribution in [0.3, 0.4) is 0 Å². The standard InChI is InChI=1S/C11H11ClN6/c1-6(2)10-7(11(12)18-17-10)5-16-9(4-14)8(15)3-13/h5-6H,15H2,1-2H3,(H,17,18). The number of aromatic nitrogens is 2. The summed E-state index contributed by atoms with van der Waals surface area (Å²) in [5, 5.41) is 24.4. The topological polar surface area (TPSA) is 115 Å². The van der Waals surface area contributed by atoms with E-state index in [0.717, 1.165) is 5.69 Å². The van der Waals surface area contributed by atoms with E-state index in [2.05, 4.69) is 15.2 Å². The van der Waals surface area contributed by atoms with Crippen LogP contribution in [-0.2, 0) is 0 Å². The summed E-state index contributed by atoms with van der Waals surface area (Å²) < 4.78 is 0. The van der Waals surface area contributed by atoms with E-state index in [1.54, 1.807) is 12.1 Å². The molecule has 0 aliphatic carbocycles. The van der Waals surface area contributed by atoms with Crippen LogP contribution in [0.4, 0.5) is 0 Å². The van der Waals surface area contributed by atoms with Crippen LogP contribution in [0.25, 0.3) is 0 Å². The highest BCUT2D eigenvalue weighted by molar-refractivity contribution is 6.32. The lowest BCUT2D eigenvalue weighted by atomic mass is 10.1. The van der Waals surface area contributed by atoms with Gasteiger partial charge < -0.3 is 5.73 Å². The van der Waals surface area contributed by atoms with Gasteiger partial charge in [0.2, 0.25) is 0 Å². The van der Waals surface area contributed by atoms with Gasteiger partial charge in [0.25, 0.3) is 0 Å². The molecule has 0 aliphatic rings. The van der Waals surface area contributed by atoms with Gasteiger partial charge in [-0.1, -0.05) is 25.4 Å². The smallest absolute Gasteiger partial charge is 0.174 e. The number of nitrogens with one attached hydrogen (secondary N) is 1. The second kappa shape index (κ2) is 5.85. The van der Waals surface area contributed by atoms with E-state index >= 15 is 0 Å². The van der Waals surface area contributed by atoms with Gasteiger partial charge in [0.05, 0.1) is 11.3 Å². The molecule has 0 bridgehead atoms. The third kappa shape index (κ3) is 2.88. The molecule has 0 atom stereocenters. The Balaban J connectivity index is 3.17. The number of hydrogen-bond acceptors (Lipinski definition) is 5. The first-order valence-electron chi connectivity index (χ1n) is 5.09. The van der Waals surface area contributed by atoms with Crippen molar-refractivity contribution < 1.29 is 0 Å². The Kier molecular flexibility index (Phi) is 4.47. The number of nitrogens with zero attached hydrogens (tertiary/aromatic N) is 4. The molecule has 0 aliphatic heterocycles. The van der Waals surface area contributed by atoms with Gasteiger partial charge in [-0.15, -0.1) is 0 Å². The first-order chi connectivity index (χ1) is 8.51. The summed E-state index contributed by atoms with van der Waals surface area (Å²) in [4.78, 5) is 3.86. The summed E-state index contributed by atoms with van der Waals surface area (Å²) in [5.74, 6) is 0.151. The van der Waals surface area contributed by atoms with E-state index in [0.29, 0.717) is 10.7 Å². The van der Waals surface area contributed by atoms with Crippen LogP contribution in [0.2, 0.25) is 5.15 Å². The summed E-state index contributed by atoms with van der Waals surface area (Å²) in [5.41, 5.74) is 6.26. The largest absolute Gasteiger partial charge is 0.388 e. The minimum atomic E-state index is -0.237. The van der Waals surface area contributed by atoms with Crippen molar-refractivity contribution in [3.8, 4) is 12.1 Å². The summed E-state index contributed by atoms with van der Waals surface area (Å²) in [6.45, 7) is 3.91. The predicted octanol–water partition coefficient (Wildman–Crippen LogP) is 1.82. The van der Waals surface area contributed by atoms with Crippen molar-refractivity contribution in [2.75, 3.05) is 0 Å². The van der Waals surface area contributed by atoms with Crippen molar-refractivity contribution in [1.82, 2.24) is 10.2 Å². The third-order valence-corrected chi connectivity index (χ3v) is 2.43. The number of rotatable bonds is 3. The monoisotopic (exact) mass is 262 g/mol. The predicted molar refractivity (Wildman–Crippen MR) is 67.7 cm³/mol. The van der Waals surface area contributed by atoms with E-state index in [1.807, 2.05) is 13.8 Å². The van der Waals surface area contributed by atoms with Crippen LogP contribution >= 0.6 is 11.6 Å². The lowest BCUT2D eigenvalue weighted by molar-refractivity contribution is 0.809. The number of halogens is 1. The molecule has 0 aromatic carbocycles. The molecule has 0 radical (unpaired) electrons. The van der Waals surface area contributed by atoms with Crippen molar-refractivity contribution >= 4 is 17.8 Å². The first-order valence-corrected chi connectivity index (χ1v) is 5.46. The molecular formula is C11H11ClN6. The molecule has 0 saturated heterocycles. The molecule has 1 aromatic heterocycles. The molecule has 3 N–H and O–H groups in total. The molecule has 1 rings (SSSR count). The fraction of sp³-hybridized carbons (Fsp3) is 0.273. The molecule has 1 heterocycles. The molecular weight excluding hydrogens is 252 g/mol. The molecule has 92 valence electrons. The van der Waals surface area contributed by atoms with Crippen molar-refractivity contribution in [3.05, 3.63) is 27.8 Å². The zero-order valence-electron chi connectivity index (χ0n) is 9.90. The molecule has 0 saturated carbocycles. The van der Waals surface area contributed by atoms with Crippen LogP contribution in [-0.4, -0.2) is 16.4 Å². The molecule has 6 nitrogen and oxygen atoms in total. The number of nitrogens with two attached hydrogens (primary N) is 1. The molecule has 7 heteroatoms. The minimum absolute atomic E-state index is 0.149. The summed E-state index contributed by atoms with van der Waals surface area (Å²) in [6, 6.07) is 3.41. The van der Waals surface area contributed by atoms with E-state index in [4.69, 9.17) is 27.9 Å². The van der Waals surface area contributed by atoms with E-state index in [-0.39, 0.29) is 17.3 Å². The number of aliphatic imine (C=N–C) groups is 1. The highest BCUT2D eigenvalue weighted by atomic mass is 35.5. The summed E-state index contributed by atoms with van der Waals surface area (Å²) in [7, 11) is 0. The van der Waals surface area contributed by atoms with Gasteiger partial charge in [-0.3, -0.25) is 5.10 Å². The van der Waals surface area contributed by atoms with Crippen LogP contribution in [0.1, 0.15) is 31.0 Å². The number of hydrogen-bond donors (Lipinski definition) is 2. The normalized spacial score (nSPS) is 12.3. The van der Waals surface area contributed by atoms with Gasteiger partial charge in [-0.2, -0.15) is 15.6 Å². The maximum Gasteiger partial charge on any atom is 0.174 e. The van der Waals surface area contributed by atoms with E-state index < -0.39 is 0 Å². The van der Waals surface area contributed by atoms with Crippen molar-refractivity contribution in [3.63, 3.8) is 0 Å². The Morgan fingerprint density at radius 2 is 2.17 bits per heavy atom. The molecule has 0 amide bonds. The highest BCUT2D eigenvalue weighted by Gasteiger charge is 2.13. The second-order valence-electron chi connectivity index (χ2n) is 3.74. The van der Waals surface area contributed by atoms with Crippen LogP contribution in [0.15, 0.2) is 16.4 Å². The maximum atomic E-state index is 8.79. The first kappa shape index (κ1) is 13.8. The van der Waals surface area contributed by atoms with Gasteiger partial charge in [-0.25, -0.2) is 4.99 Å². The Labute approximate surface area is 109 Å². The minimum Gasteiger partial charge on any atom is -0.388 e. The van der Waals surface area contributed by atoms with Gasteiger partial charge in [0, 0.05) is 6.21 Å². The quantitative estimate of drug-likeness (QED) is 0.638. The SMILES string of the molecule is CC(C)c1n[nH]c(Cl)c1C=NC(C#N)=C(N)C#N. The van der Waals surface area contributed by atoms with Crippen molar-refractivity contribution in [2.24, 2.45) is 10.7 Å².